The Hall–Kier alpha value is -2.73. The maximum absolute atomic E-state index is 12.9. The van der Waals surface area contributed by atoms with Gasteiger partial charge in [-0.3, -0.25) is 14.4 Å². The van der Waals surface area contributed by atoms with E-state index >= 15 is 0 Å². The van der Waals surface area contributed by atoms with Crippen molar-refractivity contribution in [3.8, 4) is 0 Å². The third kappa shape index (κ3) is 3.25. The van der Waals surface area contributed by atoms with Crippen LogP contribution in [0.2, 0.25) is 0 Å². The summed E-state index contributed by atoms with van der Waals surface area (Å²) in [5, 5.41) is 0. The van der Waals surface area contributed by atoms with Crippen molar-refractivity contribution in [2.24, 2.45) is 5.92 Å². The number of hydrogen-bond acceptors (Lipinski definition) is 5. The Morgan fingerprint density at radius 3 is 2.44 bits per heavy atom. The van der Waals surface area contributed by atoms with Crippen molar-refractivity contribution in [1.29, 1.82) is 0 Å². The first-order valence-corrected chi connectivity index (χ1v) is 8.13. The molecule has 1 aliphatic heterocycles. The average Bonchev–Trinajstić information content (AvgIpc) is 3.21. The van der Waals surface area contributed by atoms with Crippen LogP contribution in [0.15, 0.2) is 53.1 Å². The molecule has 6 nitrogen and oxygen atoms in total. The molecule has 0 bridgehead atoms. The number of amides is 1. The highest BCUT2D eigenvalue weighted by molar-refractivity contribution is 6.44. The summed E-state index contributed by atoms with van der Waals surface area (Å²) >= 11 is 0. The third-order valence-electron chi connectivity index (χ3n) is 4.37. The molecule has 1 aliphatic rings. The van der Waals surface area contributed by atoms with Gasteiger partial charge in [0.1, 0.15) is 17.7 Å². The molecule has 0 spiro atoms. The van der Waals surface area contributed by atoms with Crippen LogP contribution >= 0.6 is 0 Å². The molecule has 1 aromatic carbocycles. The van der Waals surface area contributed by atoms with E-state index in [0.29, 0.717) is 24.4 Å². The summed E-state index contributed by atoms with van der Waals surface area (Å²) in [5.41, 5.74) is 0.416. The lowest BCUT2D eigenvalue weighted by Gasteiger charge is -2.26. The molecule has 2 atom stereocenters. The molecule has 130 valence electrons. The highest BCUT2D eigenvalue weighted by Crippen LogP contribution is 2.38. The molecule has 0 aliphatic carbocycles. The van der Waals surface area contributed by atoms with Crippen molar-refractivity contribution in [3.05, 3.63) is 60.1 Å². The Labute approximate surface area is 146 Å². The smallest absolute Gasteiger partial charge is 0.291 e. The van der Waals surface area contributed by atoms with E-state index in [1.807, 2.05) is 19.0 Å². The highest BCUT2D eigenvalue weighted by atomic mass is 16.3. The molecular weight excluding hydrogens is 320 g/mol. The molecule has 1 saturated heterocycles. The predicted octanol–water partition coefficient (Wildman–Crippen LogP) is 1.79. The predicted molar refractivity (Wildman–Crippen MR) is 91.0 cm³/mol. The normalized spacial score (nSPS) is 20.5. The van der Waals surface area contributed by atoms with Crippen LogP contribution in [0.3, 0.4) is 0 Å². The van der Waals surface area contributed by atoms with Gasteiger partial charge >= 0.3 is 0 Å². The second kappa shape index (κ2) is 7.03. The molecular formula is C19H20N2O4. The molecule has 2 unspecified atom stereocenters. The number of Topliss-reactive ketones (excluding diaryl/α,β-unsaturated/α-hetero) is 2. The first kappa shape index (κ1) is 17.1. The van der Waals surface area contributed by atoms with Crippen molar-refractivity contribution in [2.75, 3.05) is 27.2 Å². The number of ketones is 2. The van der Waals surface area contributed by atoms with E-state index in [0.717, 1.165) is 0 Å². The Bertz CT molecular complexity index is 768. The topological polar surface area (TPSA) is 70.8 Å². The number of carbonyl (C=O) groups is 3. The third-order valence-corrected chi connectivity index (χ3v) is 4.37. The Morgan fingerprint density at radius 1 is 1.12 bits per heavy atom. The highest BCUT2D eigenvalue weighted by Gasteiger charge is 2.52. The maximum atomic E-state index is 12.9. The van der Waals surface area contributed by atoms with Crippen molar-refractivity contribution in [1.82, 2.24) is 9.80 Å². The Balaban J connectivity index is 1.98. The summed E-state index contributed by atoms with van der Waals surface area (Å²) in [4.78, 5) is 41.5. The van der Waals surface area contributed by atoms with Gasteiger partial charge in [-0.05, 0) is 26.2 Å². The molecule has 6 heteroatoms. The van der Waals surface area contributed by atoms with Crippen LogP contribution in [0.1, 0.15) is 22.2 Å². The minimum Gasteiger partial charge on any atom is -0.467 e. The van der Waals surface area contributed by atoms with Gasteiger partial charge < -0.3 is 14.2 Å². The molecule has 0 saturated carbocycles. The lowest BCUT2D eigenvalue weighted by molar-refractivity contribution is -0.140. The number of rotatable bonds is 6. The molecule has 0 N–H and O–H groups in total. The SMILES string of the molecule is CN(C)CCN1C(=O)C(=O)C(C(=O)c2ccccc2)C1c1ccco1. The van der Waals surface area contributed by atoms with Crippen LogP contribution in [0.5, 0.6) is 0 Å². The number of nitrogens with zero attached hydrogens (tertiary/aromatic N) is 2. The fraction of sp³-hybridized carbons (Fsp3) is 0.316. The largest absolute Gasteiger partial charge is 0.467 e. The van der Waals surface area contributed by atoms with Crippen LogP contribution in [-0.4, -0.2) is 54.5 Å². The van der Waals surface area contributed by atoms with E-state index in [2.05, 4.69) is 0 Å². The molecule has 2 aromatic rings. The molecule has 3 rings (SSSR count). The molecule has 25 heavy (non-hydrogen) atoms. The van der Waals surface area contributed by atoms with Crippen molar-refractivity contribution in [3.63, 3.8) is 0 Å². The van der Waals surface area contributed by atoms with Crippen molar-refractivity contribution in [2.45, 2.75) is 6.04 Å². The zero-order chi connectivity index (χ0) is 18.0. The van der Waals surface area contributed by atoms with Crippen molar-refractivity contribution < 1.29 is 18.8 Å². The van der Waals surface area contributed by atoms with Gasteiger partial charge in [0.2, 0.25) is 5.78 Å². The van der Waals surface area contributed by atoms with Gasteiger partial charge in [-0.25, -0.2) is 0 Å². The zero-order valence-corrected chi connectivity index (χ0v) is 14.2. The van der Waals surface area contributed by atoms with E-state index < -0.39 is 23.7 Å². The Morgan fingerprint density at radius 2 is 1.84 bits per heavy atom. The summed E-state index contributed by atoms with van der Waals surface area (Å²) < 4.78 is 5.46. The number of hydrogen-bond donors (Lipinski definition) is 0. The van der Waals surface area contributed by atoms with Gasteiger partial charge in [0.25, 0.3) is 5.91 Å². The number of likely N-dealkylation sites (N-methyl/N-ethyl adjacent to an activating group) is 1. The van der Waals surface area contributed by atoms with E-state index in [4.69, 9.17) is 4.42 Å². The minimum atomic E-state index is -1.08. The van der Waals surface area contributed by atoms with Crippen LogP contribution in [-0.2, 0) is 9.59 Å². The molecule has 2 heterocycles. The first-order valence-electron chi connectivity index (χ1n) is 8.13. The van der Waals surface area contributed by atoms with Crippen LogP contribution in [0, 0.1) is 5.92 Å². The first-order chi connectivity index (χ1) is 12.0. The van der Waals surface area contributed by atoms with Crippen LogP contribution in [0.25, 0.3) is 0 Å². The van der Waals surface area contributed by atoms with Gasteiger partial charge in [0.15, 0.2) is 5.78 Å². The van der Waals surface area contributed by atoms with Crippen LogP contribution in [0.4, 0.5) is 0 Å². The molecule has 1 amide bonds. The monoisotopic (exact) mass is 340 g/mol. The summed E-state index contributed by atoms with van der Waals surface area (Å²) in [6.07, 6.45) is 1.48. The quantitative estimate of drug-likeness (QED) is 0.455. The minimum absolute atomic E-state index is 0.349. The van der Waals surface area contributed by atoms with Gasteiger partial charge in [-0.15, -0.1) is 0 Å². The summed E-state index contributed by atoms with van der Waals surface area (Å²) in [5.74, 6) is -2.28. The maximum Gasteiger partial charge on any atom is 0.291 e. The lowest BCUT2D eigenvalue weighted by Crippen LogP contribution is -2.36. The van der Waals surface area contributed by atoms with Crippen LogP contribution < -0.4 is 0 Å². The van der Waals surface area contributed by atoms with E-state index in [1.165, 1.54) is 11.2 Å². The number of carbonyl (C=O) groups excluding carboxylic acids is 3. The van der Waals surface area contributed by atoms with Gasteiger partial charge in [-0.2, -0.15) is 0 Å². The lowest BCUT2D eigenvalue weighted by atomic mass is 9.89. The van der Waals surface area contributed by atoms with Crippen molar-refractivity contribution >= 4 is 17.5 Å². The summed E-state index contributed by atoms with van der Waals surface area (Å²) in [6, 6.07) is 11.3. The van der Waals surface area contributed by atoms with E-state index in [-0.39, 0.29) is 5.78 Å². The number of likely N-dealkylation sites (tertiary alicyclic amines) is 1. The fourth-order valence-corrected chi connectivity index (χ4v) is 3.09. The van der Waals surface area contributed by atoms with E-state index in [9.17, 15) is 14.4 Å². The number of furan rings is 1. The average molecular weight is 340 g/mol. The fourth-order valence-electron chi connectivity index (χ4n) is 3.09. The standard InChI is InChI=1S/C19H20N2O4/c1-20(2)10-11-21-16(14-9-6-12-25-14)15(18(23)19(21)24)17(22)13-7-4-3-5-8-13/h3-9,12,15-16H,10-11H2,1-2H3. The second-order valence-corrected chi connectivity index (χ2v) is 6.33. The summed E-state index contributed by atoms with van der Waals surface area (Å²) in [7, 11) is 3.77. The summed E-state index contributed by atoms with van der Waals surface area (Å²) in [6.45, 7) is 0.935. The van der Waals surface area contributed by atoms with E-state index in [1.54, 1.807) is 42.5 Å². The van der Waals surface area contributed by atoms with Gasteiger partial charge in [-0.1, -0.05) is 30.3 Å². The molecule has 0 radical (unpaired) electrons. The van der Waals surface area contributed by atoms with Gasteiger partial charge in [0, 0.05) is 18.7 Å². The molecule has 1 fully saturated rings. The zero-order valence-electron chi connectivity index (χ0n) is 14.2. The second-order valence-electron chi connectivity index (χ2n) is 6.33. The Kier molecular flexibility index (Phi) is 4.81. The van der Waals surface area contributed by atoms with Gasteiger partial charge in [0.05, 0.1) is 6.26 Å². The number of benzene rings is 1. The molecule has 1 aromatic heterocycles.